The maximum absolute atomic E-state index is 12.7. The summed E-state index contributed by atoms with van der Waals surface area (Å²) in [5.41, 5.74) is 0.826. The lowest BCUT2D eigenvalue weighted by atomic mass is 9.88. The van der Waals surface area contributed by atoms with Crippen LogP contribution in [0.2, 0.25) is 0 Å². The predicted molar refractivity (Wildman–Crippen MR) is 86.3 cm³/mol. The summed E-state index contributed by atoms with van der Waals surface area (Å²) in [5.74, 6) is 0.134. The third-order valence-corrected chi connectivity index (χ3v) is 5.09. The van der Waals surface area contributed by atoms with Crippen LogP contribution >= 0.6 is 11.3 Å². The van der Waals surface area contributed by atoms with Crippen molar-refractivity contribution in [2.45, 2.75) is 19.4 Å². The van der Waals surface area contributed by atoms with Gasteiger partial charge in [-0.3, -0.25) is 4.79 Å². The van der Waals surface area contributed by atoms with Crippen molar-refractivity contribution in [1.82, 2.24) is 10.6 Å². The summed E-state index contributed by atoms with van der Waals surface area (Å²) in [6, 6.07) is 14.2. The van der Waals surface area contributed by atoms with Gasteiger partial charge in [-0.15, -0.1) is 11.3 Å². The third kappa shape index (κ3) is 3.01. The van der Waals surface area contributed by atoms with Gasteiger partial charge in [-0.25, -0.2) is 0 Å². The number of carbonyl (C=O) groups is 1. The largest absolute Gasteiger partial charge is 0.344 e. The van der Waals surface area contributed by atoms with E-state index < -0.39 is 0 Å². The van der Waals surface area contributed by atoms with Crippen LogP contribution in [0.25, 0.3) is 0 Å². The minimum Gasteiger partial charge on any atom is -0.344 e. The average Bonchev–Trinajstić information content (AvgIpc) is 3.17. The van der Waals surface area contributed by atoms with Crippen molar-refractivity contribution in [3.63, 3.8) is 0 Å². The molecular weight excluding hydrogens is 280 g/mol. The lowest BCUT2D eigenvalue weighted by Gasteiger charge is -2.26. The van der Waals surface area contributed by atoms with Crippen molar-refractivity contribution in [1.29, 1.82) is 0 Å². The molecule has 2 N–H and O–H groups in total. The Morgan fingerprint density at radius 2 is 2.10 bits per heavy atom. The molecule has 2 atom stereocenters. The molecule has 0 aliphatic carbocycles. The molecule has 1 aromatic carbocycles. The van der Waals surface area contributed by atoms with Gasteiger partial charge in [0.1, 0.15) is 0 Å². The number of carbonyl (C=O) groups excluding carboxylic acids is 1. The highest BCUT2D eigenvalue weighted by molar-refractivity contribution is 7.10. The molecule has 0 radical (unpaired) electrons. The van der Waals surface area contributed by atoms with Crippen molar-refractivity contribution in [3.05, 3.63) is 58.3 Å². The molecule has 3 nitrogen and oxygen atoms in total. The maximum atomic E-state index is 12.7. The number of amides is 1. The van der Waals surface area contributed by atoms with Crippen LogP contribution < -0.4 is 10.6 Å². The van der Waals surface area contributed by atoms with Crippen LogP contribution in [0.3, 0.4) is 0 Å². The smallest absolute Gasteiger partial charge is 0.228 e. The SMILES string of the molecule is CC1(C(=O)NC(c2ccccc2)c2cccs2)CCNC1. The van der Waals surface area contributed by atoms with E-state index in [1.54, 1.807) is 11.3 Å². The predicted octanol–water partition coefficient (Wildman–Crippen LogP) is 2.95. The summed E-state index contributed by atoms with van der Waals surface area (Å²) < 4.78 is 0. The Labute approximate surface area is 129 Å². The Morgan fingerprint density at radius 3 is 2.71 bits per heavy atom. The van der Waals surface area contributed by atoms with E-state index in [1.807, 2.05) is 31.2 Å². The molecule has 1 fully saturated rings. The molecule has 1 aliphatic rings. The van der Waals surface area contributed by atoms with Crippen LogP contribution in [0.4, 0.5) is 0 Å². The highest BCUT2D eigenvalue weighted by Crippen LogP contribution is 2.30. The van der Waals surface area contributed by atoms with Gasteiger partial charge in [0.05, 0.1) is 11.5 Å². The van der Waals surface area contributed by atoms with Crippen LogP contribution in [0.1, 0.15) is 29.8 Å². The van der Waals surface area contributed by atoms with Crippen molar-refractivity contribution in [2.75, 3.05) is 13.1 Å². The van der Waals surface area contributed by atoms with Crippen LogP contribution in [0, 0.1) is 5.41 Å². The van der Waals surface area contributed by atoms with E-state index in [9.17, 15) is 4.79 Å². The Kier molecular flexibility index (Phi) is 4.08. The summed E-state index contributed by atoms with van der Waals surface area (Å²) in [6.45, 7) is 3.71. The van der Waals surface area contributed by atoms with Gasteiger partial charge in [0, 0.05) is 11.4 Å². The van der Waals surface area contributed by atoms with E-state index in [1.165, 1.54) is 4.88 Å². The first-order valence-corrected chi connectivity index (χ1v) is 8.17. The van der Waals surface area contributed by atoms with Crippen LogP contribution in [0.15, 0.2) is 47.8 Å². The van der Waals surface area contributed by atoms with Gasteiger partial charge >= 0.3 is 0 Å². The Bertz CT molecular complexity index is 589. The van der Waals surface area contributed by atoms with E-state index in [0.29, 0.717) is 0 Å². The molecule has 0 bridgehead atoms. The maximum Gasteiger partial charge on any atom is 0.228 e. The first-order valence-electron chi connectivity index (χ1n) is 7.29. The standard InChI is InChI=1S/C17H20N2OS/c1-17(9-10-18-12-17)16(20)19-15(14-8-5-11-21-14)13-6-3-2-4-7-13/h2-8,11,15,18H,9-10,12H2,1H3,(H,19,20). The number of hydrogen-bond donors (Lipinski definition) is 2. The molecule has 2 unspecified atom stereocenters. The molecule has 110 valence electrons. The van der Waals surface area contributed by atoms with Gasteiger partial charge in [0.15, 0.2) is 0 Å². The summed E-state index contributed by atoms with van der Waals surface area (Å²) >= 11 is 1.68. The van der Waals surface area contributed by atoms with Crippen molar-refractivity contribution >= 4 is 17.2 Å². The Morgan fingerprint density at radius 1 is 1.29 bits per heavy atom. The van der Waals surface area contributed by atoms with Gasteiger partial charge in [-0.05, 0) is 36.9 Å². The lowest BCUT2D eigenvalue weighted by molar-refractivity contribution is -0.129. The summed E-state index contributed by atoms with van der Waals surface area (Å²) in [5, 5.41) is 8.58. The number of nitrogens with one attached hydrogen (secondary N) is 2. The lowest BCUT2D eigenvalue weighted by Crippen LogP contribution is -2.42. The second-order valence-electron chi connectivity index (χ2n) is 5.82. The molecule has 1 amide bonds. The molecule has 4 heteroatoms. The second-order valence-corrected chi connectivity index (χ2v) is 6.80. The number of hydrogen-bond acceptors (Lipinski definition) is 3. The Balaban J connectivity index is 1.85. The van der Waals surface area contributed by atoms with Gasteiger partial charge in [-0.1, -0.05) is 36.4 Å². The van der Waals surface area contributed by atoms with E-state index in [4.69, 9.17) is 0 Å². The summed E-state index contributed by atoms with van der Waals surface area (Å²) in [7, 11) is 0. The molecule has 2 aromatic rings. The fourth-order valence-electron chi connectivity index (χ4n) is 2.74. The number of rotatable bonds is 4. The molecule has 1 aliphatic heterocycles. The topological polar surface area (TPSA) is 41.1 Å². The van der Waals surface area contributed by atoms with Crippen molar-refractivity contribution in [3.8, 4) is 0 Å². The van der Waals surface area contributed by atoms with E-state index >= 15 is 0 Å². The van der Waals surface area contributed by atoms with E-state index in [0.717, 1.165) is 25.1 Å². The number of thiophene rings is 1. The van der Waals surface area contributed by atoms with Crippen LogP contribution in [-0.4, -0.2) is 19.0 Å². The minimum atomic E-state index is -0.301. The van der Waals surface area contributed by atoms with Crippen molar-refractivity contribution < 1.29 is 4.79 Å². The molecule has 0 spiro atoms. The first-order chi connectivity index (χ1) is 10.2. The van der Waals surface area contributed by atoms with Crippen LogP contribution in [-0.2, 0) is 4.79 Å². The van der Waals surface area contributed by atoms with Gasteiger partial charge in [-0.2, -0.15) is 0 Å². The fourth-order valence-corrected chi connectivity index (χ4v) is 3.54. The van der Waals surface area contributed by atoms with Crippen LogP contribution in [0.5, 0.6) is 0 Å². The fraction of sp³-hybridized carbons (Fsp3) is 0.353. The summed E-state index contributed by atoms with van der Waals surface area (Å²) in [4.78, 5) is 13.9. The van der Waals surface area contributed by atoms with Gasteiger partial charge in [0.2, 0.25) is 5.91 Å². The molecule has 21 heavy (non-hydrogen) atoms. The zero-order chi connectivity index (χ0) is 14.7. The highest BCUT2D eigenvalue weighted by atomic mass is 32.1. The number of benzene rings is 1. The molecule has 1 aromatic heterocycles. The first kappa shape index (κ1) is 14.3. The normalized spacial score (nSPS) is 22.9. The second kappa shape index (κ2) is 6.00. The highest BCUT2D eigenvalue weighted by Gasteiger charge is 2.37. The molecule has 0 saturated carbocycles. The zero-order valence-electron chi connectivity index (χ0n) is 12.1. The zero-order valence-corrected chi connectivity index (χ0v) is 13.0. The van der Waals surface area contributed by atoms with E-state index in [2.05, 4.69) is 34.2 Å². The van der Waals surface area contributed by atoms with Gasteiger partial charge < -0.3 is 10.6 Å². The van der Waals surface area contributed by atoms with Gasteiger partial charge in [0.25, 0.3) is 0 Å². The van der Waals surface area contributed by atoms with E-state index in [-0.39, 0.29) is 17.4 Å². The molecular formula is C17H20N2OS. The third-order valence-electron chi connectivity index (χ3n) is 4.15. The monoisotopic (exact) mass is 300 g/mol. The summed E-state index contributed by atoms with van der Waals surface area (Å²) in [6.07, 6.45) is 0.894. The molecule has 1 saturated heterocycles. The van der Waals surface area contributed by atoms with Crippen molar-refractivity contribution in [2.24, 2.45) is 5.41 Å². The minimum absolute atomic E-state index is 0.0591. The average molecular weight is 300 g/mol. The molecule has 3 rings (SSSR count). The molecule has 2 heterocycles. The quantitative estimate of drug-likeness (QED) is 0.911. The Hall–Kier alpha value is -1.65.